The highest BCUT2D eigenvalue weighted by Gasteiger charge is 2.24. The van der Waals surface area contributed by atoms with E-state index in [1.807, 2.05) is 51.7 Å². The largest absolute Gasteiger partial charge is 0.339 e. The Morgan fingerprint density at radius 2 is 1.48 bits per heavy atom. The Morgan fingerprint density at radius 1 is 0.931 bits per heavy atom. The summed E-state index contributed by atoms with van der Waals surface area (Å²) in [4.78, 5) is 14.8. The summed E-state index contributed by atoms with van der Waals surface area (Å²) < 4.78 is 28.9. The molecule has 1 N–H and O–H groups in total. The van der Waals surface area contributed by atoms with E-state index in [0.717, 1.165) is 59.3 Å². The average molecular weight is 415 g/mol. The third kappa shape index (κ3) is 4.23. The molecule has 0 atom stereocenters. The molecule has 156 valence electrons. The van der Waals surface area contributed by atoms with Gasteiger partial charge in [-0.2, -0.15) is 0 Å². The number of hydrogen-bond acceptors (Lipinski definition) is 3. The van der Waals surface area contributed by atoms with Crippen LogP contribution < -0.4 is 4.72 Å². The number of sulfonamides is 1. The highest BCUT2D eigenvalue weighted by atomic mass is 32.2. The molecule has 5 nitrogen and oxygen atoms in total. The molecule has 1 heterocycles. The second-order valence-corrected chi connectivity index (χ2v) is 9.68. The summed E-state index contributed by atoms with van der Waals surface area (Å²) in [5.74, 6) is 0.0173. The van der Waals surface area contributed by atoms with Gasteiger partial charge < -0.3 is 4.90 Å². The molecule has 1 saturated heterocycles. The fourth-order valence-corrected chi connectivity index (χ4v) is 5.65. The van der Waals surface area contributed by atoms with E-state index in [-0.39, 0.29) is 12.5 Å². The number of carbonyl (C=O) groups excluding carboxylic acids is 1. The second-order valence-electron chi connectivity index (χ2n) is 7.98. The summed E-state index contributed by atoms with van der Waals surface area (Å²) >= 11 is 0. The van der Waals surface area contributed by atoms with Crippen molar-refractivity contribution in [2.24, 2.45) is 0 Å². The van der Waals surface area contributed by atoms with Gasteiger partial charge in [-0.1, -0.05) is 12.1 Å². The Hall–Kier alpha value is -2.18. The van der Waals surface area contributed by atoms with Crippen LogP contribution in [0.4, 0.5) is 0 Å². The summed E-state index contributed by atoms with van der Waals surface area (Å²) in [5.41, 5.74) is 6.10. The minimum atomic E-state index is -3.68. The molecule has 29 heavy (non-hydrogen) atoms. The highest BCUT2D eigenvalue weighted by molar-refractivity contribution is 7.89. The van der Waals surface area contributed by atoms with Crippen LogP contribution in [0.3, 0.4) is 0 Å². The lowest BCUT2D eigenvalue weighted by Gasteiger charge is -2.19. The van der Waals surface area contributed by atoms with Crippen LogP contribution in [0, 0.1) is 34.6 Å². The Morgan fingerprint density at radius 3 is 2.07 bits per heavy atom. The number of nitrogens with one attached hydrogen (secondary N) is 1. The first-order valence-corrected chi connectivity index (χ1v) is 11.6. The topological polar surface area (TPSA) is 66.5 Å². The van der Waals surface area contributed by atoms with Crippen molar-refractivity contribution in [3.63, 3.8) is 0 Å². The molecule has 1 fully saturated rings. The maximum atomic E-state index is 13.1. The van der Waals surface area contributed by atoms with Gasteiger partial charge >= 0.3 is 0 Å². The van der Waals surface area contributed by atoms with E-state index in [2.05, 4.69) is 4.72 Å². The monoisotopic (exact) mass is 414 g/mol. The summed E-state index contributed by atoms with van der Waals surface area (Å²) in [6, 6.07) is 7.23. The summed E-state index contributed by atoms with van der Waals surface area (Å²) in [7, 11) is -3.68. The molecule has 1 amide bonds. The van der Waals surface area contributed by atoms with Crippen LogP contribution in [0.25, 0.3) is 0 Å². The van der Waals surface area contributed by atoms with Gasteiger partial charge in [-0.15, -0.1) is 0 Å². The van der Waals surface area contributed by atoms with E-state index in [1.165, 1.54) is 0 Å². The zero-order valence-corrected chi connectivity index (χ0v) is 18.7. The van der Waals surface area contributed by atoms with Gasteiger partial charge in [-0.25, -0.2) is 13.1 Å². The summed E-state index contributed by atoms with van der Waals surface area (Å²) in [6.07, 6.45) is 2.08. The van der Waals surface area contributed by atoms with E-state index in [4.69, 9.17) is 0 Å². The lowest BCUT2D eigenvalue weighted by Crippen LogP contribution is -2.28. The van der Waals surface area contributed by atoms with Crippen molar-refractivity contribution in [2.75, 3.05) is 13.1 Å². The molecule has 0 saturated carbocycles. The van der Waals surface area contributed by atoms with Crippen molar-refractivity contribution in [1.29, 1.82) is 0 Å². The fourth-order valence-electron chi connectivity index (χ4n) is 4.04. The van der Waals surface area contributed by atoms with Crippen LogP contribution >= 0.6 is 0 Å². The van der Waals surface area contributed by atoms with Crippen LogP contribution in [0.15, 0.2) is 29.2 Å². The van der Waals surface area contributed by atoms with Gasteiger partial charge in [-0.3, -0.25) is 4.79 Å². The van der Waals surface area contributed by atoms with E-state index in [0.29, 0.717) is 10.5 Å². The molecule has 6 heteroatoms. The fraction of sp³-hybridized carbons (Fsp3) is 0.435. The first-order chi connectivity index (χ1) is 13.6. The van der Waals surface area contributed by atoms with Crippen molar-refractivity contribution < 1.29 is 13.2 Å². The number of rotatable bonds is 5. The SMILES string of the molecule is Cc1c(C)c(C)c(S(=O)(=O)NCc2cccc(C(=O)N3CCCC3)c2)c(C)c1C. The van der Waals surface area contributed by atoms with Crippen LogP contribution in [0.2, 0.25) is 0 Å². The standard InChI is InChI=1S/C23H30N2O3S/c1-15-16(2)18(4)22(19(5)17(15)3)29(27,28)24-14-20-9-8-10-21(13-20)23(26)25-11-6-7-12-25/h8-10,13,24H,6-7,11-12,14H2,1-5H3. The predicted octanol–water partition coefficient (Wildman–Crippen LogP) is 3.94. The van der Waals surface area contributed by atoms with Crippen LogP contribution in [0.5, 0.6) is 0 Å². The van der Waals surface area contributed by atoms with E-state index >= 15 is 0 Å². The predicted molar refractivity (Wildman–Crippen MR) is 116 cm³/mol. The van der Waals surface area contributed by atoms with E-state index in [9.17, 15) is 13.2 Å². The second kappa shape index (κ2) is 8.28. The quantitative estimate of drug-likeness (QED) is 0.806. The van der Waals surface area contributed by atoms with Crippen molar-refractivity contribution in [3.8, 4) is 0 Å². The maximum Gasteiger partial charge on any atom is 0.253 e. The Labute approximate surface area is 174 Å². The molecule has 0 bridgehead atoms. The third-order valence-electron chi connectivity index (χ3n) is 6.23. The van der Waals surface area contributed by atoms with Gasteiger partial charge in [0.15, 0.2) is 0 Å². The van der Waals surface area contributed by atoms with Crippen molar-refractivity contribution >= 4 is 15.9 Å². The molecule has 0 radical (unpaired) electrons. The van der Waals surface area contributed by atoms with Crippen molar-refractivity contribution in [2.45, 2.75) is 58.9 Å². The zero-order chi connectivity index (χ0) is 21.3. The van der Waals surface area contributed by atoms with Crippen molar-refractivity contribution in [3.05, 3.63) is 63.2 Å². The molecular formula is C23H30N2O3S. The lowest BCUT2D eigenvalue weighted by molar-refractivity contribution is 0.0792. The third-order valence-corrected chi connectivity index (χ3v) is 7.91. The molecular weight excluding hydrogens is 384 g/mol. The normalized spacial score (nSPS) is 14.4. The first-order valence-electron chi connectivity index (χ1n) is 10.1. The van der Waals surface area contributed by atoms with Gasteiger partial charge in [-0.05, 0) is 93.0 Å². The Balaban J connectivity index is 1.83. The highest BCUT2D eigenvalue weighted by Crippen LogP contribution is 2.29. The number of hydrogen-bond donors (Lipinski definition) is 1. The number of likely N-dealkylation sites (tertiary alicyclic amines) is 1. The smallest absolute Gasteiger partial charge is 0.253 e. The van der Waals surface area contributed by atoms with Gasteiger partial charge in [0.1, 0.15) is 0 Å². The van der Waals surface area contributed by atoms with E-state index in [1.54, 1.807) is 12.1 Å². The molecule has 2 aromatic rings. The average Bonchev–Trinajstić information content (AvgIpc) is 3.24. The molecule has 0 spiro atoms. The minimum Gasteiger partial charge on any atom is -0.339 e. The van der Waals surface area contributed by atoms with Gasteiger partial charge in [0, 0.05) is 25.2 Å². The first kappa shape index (κ1) is 21.5. The molecule has 0 aromatic heterocycles. The van der Waals surface area contributed by atoms with E-state index < -0.39 is 10.0 Å². The number of amides is 1. The van der Waals surface area contributed by atoms with Crippen LogP contribution in [-0.4, -0.2) is 32.3 Å². The molecule has 0 aliphatic carbocycles. The van der Waals surface area contributed by atoms with Crippen molar-refractivity contribution in [1.82, 2.24) is 9.62 Å². The molecule has 3 rings (SSSR count). The van der Waals surface area contributed by atoms with Crippen LogP contribution in [-0.2, 0) is 16.6 Å². The van der Waals surface area contributed by atoms with Gasteiger partial charge in [0.2, 0.25) is 10.0 Å². The number of carbonyl (C=O) groups is 1. The minimum absolute atomic E-state index is 0.0173. The van der Waals surface area contributed by atoms with Crippen LogP contribution in [0.1, 0.15) is 56.6 Å². The molecule has 0 unspecified atom stereocenters. The summed E-state index contributed by atoms with van der Waals surface area (Å²) in [5, 5.41) is 0. The van der Waals surface area contributed by atoms with Gasteiger partial charge in [0.05, 0.1) is 4.90 Å². The number of nitrogens with zero attached hydrogens (tertiary/aromatic N) is 1. The molecule has 2 aromatic carbocycles. The molecule has 1 aliphatic heterocycles. The maximum absolute atomic E-state index is 13.1. The van der Waals surface area contributed by atoms with Gasteiger partial charge in [0.25, 0.3) is 5.91 Å². The Bertz CT molecular complexity index is 1020. The Kier molecular flexibility index (Phi) is 6.15. The number of benzene rings is 2. The lowest BCUT2D eigenvalue weighted by atomic mass is 9.95. The molecule has 1 aliphatic rings. The zero-order valence-electron chi connectivity index (χ0n) is 17.9. The summed E-state index contributed by atoms with van der Waals surface area (Å²) in [6.45, 7) is 11.4.